The third-order valence-corrected chi connectivity index (χ3v) is 8.36. The van der Waals surface area contributed by atoms with E-state index in [-0.39, 0.29) is 6.54 Å². The van der Waals surface area contributed by atoms with Crippen LogP contribution in [0.4, 0.5) is 5.69 Å². The maximum absolute atomic E-state index is 12.6. The number of ether oxygens (including phenoxy) is 1. The quantitative estimate of drug-likeness (QED) is 0.638. The van der Waals surface area contributed by atoms with Crippen LogP contribution in [0.5, 0.6) is 5.75 Å². The Kier molecular flexibility index (Phi) is 6.24. The molecule has 1 unspecified atom stereocenters. The van der Waals surface area contributed by atoms with Crippen molar-refractivity contribution in [2.75, 3.05) is 38.1 Å². The van der Waals surface area contributed by atoms with Crippen molar-refractivity contribution in [1.29, 1.82) is 0 Å². The molecule has 2 saturated heterocycles. The number of rotatable bonds is 5. The Balaban J connectivity index is 1.50. The van der Waals surface area contributed by atoms with Gasteiger partial charge in [-0.25, -0.2) is 8.61 Å². The topological polar surface area (TPSA) is 70.2 Å². The summed E-state index contributed by atoms with van der Waals surface area (Å²) in [6.07, 6.45) is 2.24. The molecule has 9 heteroatoms. The van der Waals surface area contributed by atoms with Crippen LogP contribution < -0.4 is 14.3 Å². The number of likely N-dealkylation sites (N-methyl/N-ethyl adjacent to an activating group) is 1. The van der Waals surface area contributed by atoms with E-state index in [9.17, 15) is 13.2 Å². The molecule has 0 radical (unpaired) electrons. The van der Waals surface area contributed by atoms with Crippen LogP contribution in [-0.4, -0.2) is 57.3 Å². The zero-order chi connectivity index (χ0) is 22.2. The summed E-state index contributed by atoms with van der Waals surface area (Å²) in [5.74, 6) is 0.590. The van der Waals surface area contributed by atoms with Gasteiger partial charge in [0.15, 0.2) is 0 Å². The highest BCUT2D eigenvalue weighted by Crippen LogP contribution is 2.35. The molecule has 2 aromatic carbocycles. The maximum atomic E-state index is 12.6. The van der Waals surface area contributed by atoms with Crippen LogP contribution >= 0.6 is 9.24 Å². The standard InChI is InChI=1S/C22H28N3O4PS/c1-23-21(26)15-25(31(23,27)28)22-19(29-2)12-16(13-20(22)30)14-24-10-8-18(9-11-24)17-6-4-3-5-7-17/h3-7,12-13,18H,8-11,14-15,30H2,1-2H3. The number of likely N-dealkylation sites (tertiary alicyclic amines) is 1. The molecule has 0 spiro atoms. The zero-order valence-electron chi connectivity index (χ0n) is 17.8. The maximum Gasteiger partial charge on any atom is 0.329 e. The van der Waals surface area contributed by atoms with Crippen molar-refractivity contribution >= 4 is 36.3 Å². The molecule has 2 heterocycles. The van der Waals surface area contributed by atoms with E-state index in [1.54, 1.807) is 0 Å². The van der Waals surface area contributed by atoms with E-state index >= 15 is 0 Å². The minimum Gasteiger partial charge on any atom is -0.495 e. The first-order chi connectivity index (χ1) is 14.8. The zero-order valence-corrected chi connectivity index (χ0v) is 19.8. The van der Waals surface area contributed by atoms with Gasteiger partial charge in [-0.2, -0.15) is 8.42 Å². The normalized spacial score (nSPS) is 19.8. The average molecular weight is 462 g/mol. The highest BCUT2D eigenvalue weighted by molar-refractivity contribution is 7.91. The highest BCUT2D eigenvalue weighted by Gasteiger charge is 2.42. The number of benzene rings is 2. The molecule has 0 bridgehead atoms. The van der Waals surface area contributed by atoms with Gasteiger partial charge in [0.2, 0.25) is 0 Å². The minimum absolute atomic E-state index is 0.219. The van der Waals surface area contributed by atoms with Crippen LogP contribution in [0.2, 0.25) is 0 Å². The summed E-state index contributed by atoms with van der Waals surface area (Å²) >= 11 is 0. The molecule has 2 aliphatic rings. The Morgan fingerprint density at radius 3 is 2.39 bits per heavy atom. The van der Waals surface area contributed by atoms with Gasteiger partial charge in [-0.3, -0.25) is 9.69 Å². The Morgan fingerprint density at radius 1 is 1.13 bits per heavy atom. The van der Waals surface area contributed by atoms with E-state index in [0.717, 1.165) is 46.6 Å². The fraction of sp³-hybridized carbons (Fsp3) is 0.409. The molecule has 0 aromatic heterocycles. The number of nitrogens with zero attached hydrogens (tertiary/aromatic N) is 3. The number of amides is 1. The summed E-state index contributed by atoms with van der Waals surface area (Å²) in [5.41, 5.74) is 2.86. The van der Waals surface area contributed by atoms with E-state index in [1.807, 2.05) is 12.1 Å². The summed E-state index contributed by atoms with van der Waals surface area (Å²) in [5, 5.41) is 0.695. The Labute approximate surface area is 186 Å². The van der Waals surface area contributed by atoms with E-state index in [2.05, 4.69) is 44.5 Å². The second kappa shape index (κ2) is 8.77. The SMILES string of the molecule is COc1cc(CN2CCC(c3ccccc3)CC2)cc(P)c1N1CC(=O)N(C)S1(=O)=O. The Bertz CT molecular complexity index is 1070. The molecule has 0 saturated carbocycles. The molecular weight excluding hydrogens is 433 g/mol. The third kappa shape index (κ3) is 4.29. The van der Waals surface area contributed by atoms with E-state index < -0.39 is 16.1 Å². The van der Waals surface area contributed by atoms with E-state index in [0.29, 0.717) is 22.7 Å². The van der Waals surface area contributed by atoms with Crippen molar-refractivity contribution in [2.24, 2.45) is 0 Å². The molecule has 2 aromatic rings. The van der Waals surface area contributed by atoms with Gasteiger partial charge >= 0.3 is 10.2 Å². The summed E-state index contributed by atoms with van der Waals surface area (Å²) in [6, 6.07) is 14.5. The fourth-order valence-electron chi connectivity index (χ4n) is 4.39. The number of hydrogen-bond donors (Lipinski definition) is 0. The molecule has 2 fully saturated rings. The lowest BCUT2D eigenvalue weighted by Crippen LogP contribution is -2.34. The first-order valence-corrected chi connectivity index (χ1v) is 12.3. The summed E-state index contributed by atoms with van der Waals surface area (Å²) in [7, 11) is 1.51. The lowest BCUT2D eigenvalue weighted by atomic mass is 9.89. The third-order valence-electron chi connectivity index (χ3n) is 6.15. The van der Waals surface area contributed by atoms with E-state index in [4.69, 9.17) is 4.74 Å². The first-order valence-electron chi connectivity index (χ1n) is 10.3. The highest BCUT2D eigenvalue weighted by atomic mass is 32.2. The molecule has 1 amide bonds. The van der Waals surface area contributed by atoms with Gasteiger partial charge < -0.3 is 4.74 Å². The predicted molar refractivity (Wildman–Crippen MR) is 125 cm³/mol. The Hall–Kier alpha value is -2.15. The minimum atomic E-state index is -3.88. The van der Waals surface area contributed by atoms with Crippen LogP contribution in [-0.2, 0) is 21.5 Å². The number of piperidine rings is 1. The largest absolute Gasteiger partial charge is 0.495 e. The molecule has 31 heavy (non-hydrogen) atoms. The number of hydrogen-bond acceptors (Lipinski definition) is 5. The summed E-state index contributed by atoms with van der Waals surface area (Å²) in [4.78, 5) is 14.4. The molecule has 4 rings (SSSR count). The summed E-state index contributed by atoms with van der Waals surface area (Å²) in [6.45, 7) is 2.57. The van der Waals surface area contributed by atoms with Crippen molar-refractivity contribution in [3.63, 3.8) is 0 Å². The van der Waals surface area contributed by atoms with Crippen LogP contribution in [0, 0.1) is 0 Å². The number of anilines is 1. The lowest BCUT2D eigenvalue weighted by molar-refractivity contribution is -0.123. The number of carbonyl (C=O) groups is 1. The van der Waals surface area contributed by atoms with Gasteiger partial charge in [0.05, 0.1) is 7.11 Å². The van der Waals surface area contributed by atoms with Crippen molar-refractivity contribution in [2.45, 2.75) is 25.3 Å². The smallest absolute Gasteiger partial charge is 0.329 e. The van der Waals surface area contributed by atoms with Gasteiger partial charge in [0.1, 0.15) is 18.0 Å². The van der Waals surface area contributed by atoms with Crippen molar-refractivity contribution in [1.82, 2.24) is 9.21 Å². The Morgan fingerprint density at radius 2 is 1.81 bits per heavy atom. The fourth-order valence-corrected chi connectivity index (χ4v) is 6.30. The molecule has 2 aliphatic heterocycles. The molecule has 166 valence electrons. The van der Waals surface area contributed by atoms with Crippen LogP contribution in [0.1, 0.15) is 29.9 Å². The van der Waals surface area contributed by atoms with E-state index in [1.165, 1.54) is 19.7 Å². The van der Waals surface area contributed by atoms with Crippen LogP contribution in [0.15, 0.2) is 42.5 Å². The molecule has 0 N–H and O–H groups in total. The monoisotopic (exact) mass is 461 g/mol. The average Bonchev–Trinajstić information content (AvgIpc) is 2.97. The van der Waals surface area contributed by atoms with Gasteiger partial charge in [0, 0.05) is 13.6 Å². The second-order valence-electron chi connectivity index (χ2n) is 8.07. The van der Waals surface area contributed by atoms with Crippen molar-refractivity contribution in [3.05, 3.63) is 53.6 Å². The first kappa shape index (κ1) is 22.1. The van der Waals surface area contributed by atoms with Gasteiger partial charge in [0.25, 0.3) is 5.91 Å². The van der Waals surface area contributed by atoms with Gasteiger partial charge in [-0.1, -0.05) is 30.3 Å². The van der Waals surface area contributed by atoms with Gasteiger partial charge in [-0.15, -0.1) is 9.24 Å². The molecule has 7 nitrogen and oxygen atoms in total. The van der Waals surface area contributed by atoms with Crippen molar-refractivity contribution < 1.29 is 17.9 Å². The van der Waals surface area contributed by atoms with Crippen LogP contribution in [0.25, 0.3) is 0 Å². The predicted octanol–water partition coefficient (Wildman–Crippen LogP) is 2.10. The van der Waals surface area contributed by atoms with Crippen LogP contribution in [0.3, 0.4) is 0 Å². The molecule has 0 aliphatic carbocycles. The molecule has 1 atom stereocenters. The number of methoxy groups -OCH3 is 1. The summed E-state index contributed by atoms with van der Waals surface area (Å²) < 4.78 is 32.7. The second-order valence-corrected chi connectivity index (χ2v) is 10.6. The lowest BCUT2D eigenvalue weighted by Gasteiger charge is -2.32. The molecular formula is C22H28N3O4PS. The number of carbonyl (C=O) groups excluding carboxylic acids is 1. The van der Waals surface area contributed by atoms with Gasteiger partial charge in [-0.05, 0) is 60.4 Å². The van der Waals surface area contributed by atoms with Crippen molar-refractivity contribution in [3.8, 4) is 5.75 Å².